The maximum absolute atomic E-state index is 14.3. The summed E-state index contributed by atoms with van der Waals surface area (Å²) in [6.07, 6.45) is 3.11. The number of hydrogen-bond acceptors (Lipinski definition) is 7. The Kier molecular flexibility index (Phi) is 6.22. The number of benzene rings is 1. The van der Waals surface area contributed by atoms with Crippen LogP contribution in [0.5, 0.6) is 5.75 Å². The van der Waals surface area contributed by atoms with Gasteiger partial charge in [-0.1, -0.05) is 5.16 Å². The monoisotopic (exact) mass is 431 g/mol. The van der Waals surface area contributed by atoms with E-state index in [1.54, 1.807) is 6.07 Å². The van der Waals surface area contributed by atoms with Crippen LogP contribution in [-0.4, -0.2) is 61.8 Å². The fraction of sp³-hybridized carbons (Fsp3) is 0.500. The highest BCUT2D eigenvalue weighted by Gasteiger charge is 2.38. The smallest absolute Gasteiger partial charge is 0.312 e. The van der Waals surface area contributed by atoms with Gasteiger partial charge in [-0.15, -0.1) is 0 Å². The van der Waals surface area contributed by atoms with Gasteiger partial charge in [0.1, 0.15) is 11.6 Å². The number of nitrogens with zero attached hydrogens (tertiary/aromatic N) is 2. The fourth-order valence-electron chi connectivity index (χ4n) is 3.99. The van der Waals surface area contributed by atoms with Crippen molar-refractivity contribution < 1.29 is 28.0 Å². The number of likely N-dealkylation sites (tertiary alicyclic amines) is 1. The zero-order valence-electron chi connectivity index (χ0n) is 17.6. The maximum atomic E-state index is 14.3. The highest BCUT2D eigenvalue weighted by atomic mass is 19.1. The fourth-order valence-corrected chi connectivity index (χ4v) is 3.99. The summed E-state index contributed by atoms with van der Waals surface area (Å²) in [5, 5.41) is 6.67. The first-order valence-electron chi connectivity index (χ1n) is 10.4. The molecule has 2 aliphatic rings. The first kappa shape index (κ1) is 21.3. The number of esters is 1. The highest BCUT2D eigenvalue weighted by molar-refractivity contribution is 5.93. The summed E-state index contributed by atoms with van der Waals surface area (Å²) in [7, 11) is 2.80. The number of aromatic nitrogens is 1. The number of carbonyl (C=O) groups excluding carboxylic acids is 2. The van der Waals surface area contributed by atoms with E-state index in [1.807, 2.05) is 0 Å². The predicted molar refractivity (Wildman–Crippen MR) is 109 cm³/mol. The number of amides is 1. The summed E-state index contributed by atoms with van der Waals surface area (Å²) in [5.41, 5.74) is 0.197. The van der Waals surface area contributed by atoms with Gasteiger partial charge < -0.3 is 24.2 Å². The van der Waals surface area contributed by atoms with E-state index in [0.29, 0.717) is 18.7 Å². The second kappa shape index (κ2) is 9.05. The van der Waals surface area contributed by atoms with Crippen molar-refractivity contribution in [3.63, 3.8) is 0 Å². The molecule has 0 bridgehead atoms. The third-order valence-electron chi connectivity index (χ3n) is 5.92. The summed E-state index contributed by atoms with van der Waals surface area (Å²) in [4.78, 5) is 27.4. The molecule has 31 heavy (non-hydrogen) atoms. The quantitative estimate of drug-likeness (QED) is 0.673. The lowest BCUT2D eigenvalue weighted by Gasteiger charge is -2.37. The van der Waals surface area contributed by atoms with Crippen molar-refractivity contribution in [2.45, 2.75) is 25.3 Å². The predicted octanol–water partition coefficient (Wildman–Crippen LogP) is 2.49. The van der Waals surface area contributed by atoms with E-state index in [1.165, 1.54) is 45.3 Å². The van der Waals surface area contributed by atoms with E-state index in [-0.39, 0.29) is 29.0 Å². The molecule has 2 heterocycles. The summed E-state index contributed by atoms with van der Waals surface area (Å²) in [5.74, 6) is -0.584. The molecule has 8 nitrogen and oxygen atoms in total. The molecule has 166 valence electrons. The first-order valence-corrected chi connectivity index (χ1v) is 10.4. The third kappa shape index (κ3) is 4.87. The van der Waals surface area contributed by atoms with Gasteiger partial charge in [-0.2, -0.15) is 0 Å². The van der Waals surface area contributed by atoms with E-state index in [9.17, 15) is 14.0 Å². The van der Waals surface area contributed by atoms with Crippen molar-refractivity contribution in [2.75, 3.05) is 33.9 Å². The van der Waals surface area contributed by atoms with Crippen molar-refractivity contribution in [1.29, 1.82) is 0 Å². The standard InChI is InChI=1S/C22H26FN3O5/c1-29-14-5-6-15(17(23)9-14)20-10-19(25-31-20)21(27)24-18-7-8-26(11-13-3-4-13)12-16(18)22(28)30-2/h5-6,9-10,13,16,18H,3-4,7-8,11-12H2,1-2H3,(H,24,27). The van der Waals surface area contributed by atoms with Crippen molar-refractivity contribution in [3.05, 3.63) is 35.8 Å². The lowest BCUT2D eigenvalue weighted by molar-refractivity contribution is -0.148. The van der Waals surface area contributed by atoms with Crippen LogP contribution in [0.15, 0.2) is 28.8 Å². The molecular weight excluding hydrogens is 405 g/mol. The van der Waals surface area contributed by atoms with Crippen molar-refractivity contribution in [1.82, 2.24) is 15.4 Å². The van der Waals surface area contributed by atoms with Gasteiger partial charge in [-0.25, -0.2) is 4.39 Å². The van der Waals surface area contributed by atoms with E-state index >= 15 is 0 Å². The Bertz CT molecular complexity index is 958. The van der Waals surface area contributed by atoms with Crippen molar-refractivity contribution >= 4 is 11.9 Å². The third-order valence-corrected chi connectivity index (χ3v) is 5.92. The molecule has 1 saturated heterocycles. The average Bonchev–Trinajstić information content (AvgIpc) is 3.45. The molecule has 1 aliphatic carbocycles. The van der Waals surface area contributed by atoms with Crippen LogP contribution >= 0.6 is 0 Å². The zero-order valence-corrected chi connectivity index (χ0v) is 17.6. The number of carbonyl (C=O) groups is 2. The van der Waals surface area contributed by atoms with Crippen LogP contribution in [0.25, 0.3) is 11.3 Å². The van der Waals surface area contributed by atoms with Crippen LogP contribution in [0, 0.1) is 17.7 Å². The number of piperidine rings is 1. The summed E-state index contributed by atoms with van der Waals surface area (Å²) in [6.45, 7) is 2.33. The van der Waals surface area contributed by atoms with Gasteiger partial charge in [0.25, 0.3) is 5.91 Å². The molecule has 0 radical (unpaired) electrons. The molecule has 1 aromatic carbocycles. The first-order chi connectivity index (χ1) is 15.0. The molecular formula is C22H26FN3O5. The number of hydrogen-bond donors (Lipinski definition) is 1. The summed E-state index contributed by atoms with van der Waals surface area (Å²) >= 11 is 0. The van der Waals surface area contributed by atoms with Gasteiger partial charge in [0.05, 0.1) is 25.7 Å². The number of ether oxygens (including phenoxy) is 2. The SMILES string of the molecule is COC(=O)C1CN(CC2CC2)CCC1NC(=O)c1cc(-c2ccc(OC)cc2F)on1. The van der Waals surface area contributed by atoms with E-state index in [4.69, 9.17) is 14.0 Å². The molecule has 2 fully saturated rings. The van der Waals surface area contributed by atoms with Gasteiger partial charge in [-0.05, 0) is 37.3 Å². The van der Waals surface area contributed by atoms with Crippen LogP contribution in [0.4, 0.5) is 4.39 Å². The Hall–Kier alpha value is -2.94. The molecule has 1 amide bonds. The van der Waals surface area contributed by atoms with Crippen molar-refractivity contribution in [2.24, 2.45) is 11.8 Å². The molecule has 1 aromatic heterocycles. The van der Waals surface area contributed by atoms with Crippen LogP contribution in [0.2, 0.25) is 0 Å². The highest BCUT2D eigenvalue weighted by Crippen LogP contribution is 2.32. The molecule has 2 unspecified atom stereocenters. The topological polar surface area (TPSA) is 93.9 Å². The van der Waals surface area contributed by atoms with Crippen LogP contribution in [-0.2, 0) is 9.53 Å². The molecule has 9 heteroatoms. The number of nitrogens with one attached hydrogen (secondary N) is 1. The number of methoxy groups -OCH3 is 2. The second-order valence-corrected chi connectivity index (χ2v) is 8.12. The second-order valence-electron chi connectivity index (χ2n) is 8.12. The summed E-state index contributed by atoms with van der Waals surface area (Å²) < 4.78 is 29.4. The van der Waals surface area contributed by atoms with Crippen LogP contribution in [0.1, 0.15) is 29.8 Å². The molecule has 2 aromatic rings. The lowest BCUT2D eigenvalue weighted by atomic mass is 9.91. The zero-order chi connectivity index (χ0) is 22.0. The largest absolute Gasteiger partial charge is 0.497 e. The molecule has 1 N–H and O–H groups in total. The Morgan fingerprint density at radius 1 is 1.26 bits per heavy atom. The maximum Gasteiger partial charge on any atom is 0.312 e. The van der Waals surface area contributed by atoms with Gasteiger partial charge in [0, 0.05) is 37.8 Å². The number of halogens is 1. The van der Waals surface area contributed by atoms with Crippen molar-refractivity contribution in [3.8, 4) is 17.1 Å². The Balaban J connectivity index is 1.44. The van der Waals surface area contributed by atoms with Crippen LogP contribution in [0.3, 0.4) is 0 Å². The van der Waals surface area contributed by atoms with E-state index < -0.39 is 17.6 Å². The van der Waals surface area contributed by atoms with Gasteiger partial charge in [0.15, 0.2) is 11.5 Å². The Morgan fingerprint density at radius 2 is 2.06 bits per heavy atom. The van der Waals surface area contributed by atoms with E-state index in [2.05, 4.69) is 15.4 Å². The Labute approximate surface area is 179 Å². The normalized spacial score (nSPS) is 21.5. The average molecular weight is 431 g/mol. The van der Waals surface area contributed by atoms with E-state index in [0.717, 1.165) is 19.0 Å². The molecule has 4 rings (SSSR count). The van der Waals surface area contributed by atoms with Gasteiger partial charge >= 0.3 is 5.97 Å². The number of rotatable bonds is 7. The lowest BCUT2D eigenvalue weighted by Crippen LogP contribution is -2.54. The molecule has 1 aliphatic heterocycles. The minimum atomic E-state index is -0.545. The van der Waals surface area contributed by atoms with Gasteiger partial charge in [-0.3, -0.25) is 9.59 Å². The van der Waals surface area contributed by atoms with Crippen LogP contribution < -0.4 is 10.1 Å². The molecule has 1 saturated carbocycles. The Morgan fingerprint density at radius 3 is 2.74 bits per heavy atom. The van der Waals surface area contributed by atoms with Gasteiger partial charge in [0.2, 0.25) is 0 Å². The summed E-state index contributed by atoms with van der Waals surface area (Å²) in [6, 6.07) is 5.34. The molecule has 2 atom stereocenters. The minimum absolute atomic E-state index is 0.0224. The molecule has 0 spiro atoms. The minimum Gasteiger partial charge on any atom is -0.497 e.